The van der Waals surface area contributed by atoms with Crippen molar-refractivity contribution in [2.45, 2.75) is 20.3 Å². The van der Waals surface area contributed by atoms with E-state index in [-0.39, 0.29) is 0 Å². The smallest absolute Gasteiger partial charge is 0.148 e. The molecule has 0 bridgehead atoms. The number of para-hydroxylation sites is 2. The number of aromatic nitrogens is 2. The molecule has 1 aromatic carbocycles. The zero-order valence-electron chi connectivity index (χ0n) is 10.1. The molecule has 1 aromatic heterocycles. The van der Waals surface area contributed by atoms with Gasteiger partial charge in [-0.1, -0.05) is 12.1 Å². The number of rotatable bonds is 3. The number of anilines is 1. The zero-order chi connectivity index (χ0) is 12.1. The van der Waals surface area contributed by atoms with E-state index in [1.54, 1.807) is 0 Å². The van der Waals surface area contributed by atoms with Crippen LogP contribution in [0.15, 0.2) is 24.3 Å². The molecule has 0 unspecified atom stereocenters. The lowest BCUT2D eigenvalue weighted by atomic mass is 10.3. The van der Waals surface area contributed by atoms with Crippen LogP contribution in [0, 0.1) is 18.8 Å². The fraction of sp³-hybridized carbons (Fsp3) is 0.286. The highest BCUT2D eigenvalue weighted by Gasteiger charge is 2.03. The third-order valence-corrected chi connectivity index (χ3v) is 2.46. The molecule has 0 aliphatic carbocycles. The van der Waals surface area contributed by atoms with Gasteiger partial charge in [-0.3, -0.25) is 0 Å². The summed E-state index contributed by atoms with van der Waals surface area (Å²) in [5.74, 6) is 6.74. The maximum atomic E-state index is 4.55. The van der Waals surface area contributed by atoms with Gasteiger partial charge in [0.25, 0.3) is 0 Å². The molecular weight excluding hydrogens is 210 g/mol. The Labute approximate surface area is 101 Å². The van der Waals surface area contributed by atoms with Crippen LogP contribution in [0.25, 0.3) is 11.0 Å². The van der Waals surface area contributed by atoms with Crippen molar-refractivity contribution >= 4 is 16.9 Å². The second kappa shape index (κ2) is 5.31. The van der Waals surface area contributed by atoms with E-state index in [1.165, 1.54) is 0 Å². The minimum atomic E-state index is 0.800. The van der Waals surface area contributed by atoms with Crippen molar-refractivity contribution in [3.8, 4) is 11.8 Å². The minimum absolute atomic E-state index is 0.800. The predicted octanol–water partition coefficient (Wildman–Crippen LogP) is 2.76. The zero-order valence-corrected chi connectivity index (χ0v) is 10.1. The van der Waals surface area contributed by atoms with Crippen molar-refractivity contribution in [2.75, 3.05) is 11.9 Å². The Bertz CT molecular complexity index is 579. The highest BCUT2D eigenvalue weighted by Crippen LogP contribution is 2.15. The van der Waals surface area contributed by atoms with E-state index < -0.39 is 0 Å². The van der Waals surface area contributed by atoms with Crippen LogP contribution >= 0.6 is 0 Å². The van der Waals surface area contributed by atoms with Gasteiger partial charge in [-0.15, -0.1) is 11.8 Å². The number of nitrogens with one attached hydrogen (secondary N) is 1. The fourth-order valence-corrected chi connectivity index (χ4v) is 1.62. The van der Waals surface area contributed by atoms with Gasteiger partial charge in [0.2, 0.25) is 0 Å². The number of hydrogen-bond donors (Lipinski definition) is 1. The number of hydrogen-bond acceptors (Lipinski definition) is 3. The molecule has 0 aliphatic rings. The molecule has 0 radical (unpaired) electrons. The van der Waals surface area contributed by atoms with Crippen molar-refractivity contribution < 1.29 is 0 Å². The first kappa shape index (κ1) is 11.4. The molecule has 0 amide bonds. The number of fused-ring (bicyclic) bond motifs is 1. The first-order chi connectivity index (χ1) is 8.31. The van der Waals surface area contributed by atoms with Crippen molar-refractivity contribution in [1.29, 1.82) is 0 Å². The summed E-state index contributed by atoms with van der Waals surface area (Å²) in [6.45, 7) is 4.61. The lowest BCUT2D eigenvalue weighted by molar-refractivity contribution is 1.05. The van der Waals surface area contributed by atoms with Gasteiger partial charge in [-0.25, -0.2) is 9.97 Å². The topological polar surface area (TPSA) is 37.8 Å². The van der Waals surface area contributed by atoms with Crippen LogP contribution in [-0.2, 0) is 0 Å². The van der Waals surface area contributed by atoms with E-state index in [9.17, 15) is 0 Å². The standard InChI is InChI=1S/C14H15N3/c1-3-4-7-10-15-14-11(2)16-12-8-5-6-9-13(12)17-14/h5-6,8-9H,7,10H2,1-2H3,(H,15,17). The Hall–Kier alpha value is -2.08. The average molecular weight is 225 g/mol. The van der Waals surface area contributed by atoms with Gasteiger partial charge in [-0.2, -0.15) is 0 Å². The molecule has 0 spiro atoms. The van der Waals surface area contributed by atoms with Gasteiger partial charge in [0.15, 0.2) is 0 Å². The van der Waals surface area contributed by atoms with E-state index in [1.807, 2.05) is 38.1 Å². The second-order valence-electron chi connectivity index (χ2n) is 3.75. The Morgan fingerprint density at radius 3 is 2.59 bits per heavy atom. The molecule has 1 N–H and O–H groups in total. The summed E-state index contributed by atoms with van der Waals surface area (Å²) in [6, 6.07) is 7.89. The summed E-state index contributed by atoms with van der Waals surface area (Å²) in [5.41, 5.74) is 2.78. The Morgan fingerprint density at radius 1 is 1.18 bits per heavy atom. The first-order valence-electron chi connectivity index (χ1n) is 5.68. The quantitative estimate of drug-likeness (QED) is 0.644. The molecule has 0 saturated carbocycles. The van der Waals surface area contributed by atoms with Gasteiger partial charge in [0.1, 0.15) is 5.82 Å². The average Bonchev–Trinajstić information content (AvgIpc) is 2.35. The van der Waals surface area contributed by atoms with Gasteiger partial charge in [0.05, 0.1) is 16.7 Å². The van der Waals surface area contributed by atoms with Crippen molar-refractivity contribution in [3.63, 3.8) is 0 Å². The maximum absolute atomic E-state index is 4.55. The minimum Gasteiger partial charge on any atom is -0.368 e. The molecule has 1 heterocycles. The first-order valence-corrected chi connectivity index (χ1v) is 5.68. The Morgan fingerprint density at radius 2 is 1.88 bits per heavy atom. The van der Waals surface area contributed by atoms with Gasteiger partial charge >= 0.3 is 0 Å². The van der Waals surface area contributed by atoms with Crippen LogP contribution < -0.4 is 5.32 Å². The van der Waals surface area contributed by atoms with Crippen LogP contribution in [0.4, 0.5) is 5.82 Å². The molecule has 0 saturated heterocycles. The van der Waals surface area contributed by atoms with E-state index in [2.05, 4.69) is 27.1 Å². The summed E-state index contributed by atoms with van der Waals surface area (Å²) < 4.78 is 0. The van der Waals surface area contributed by atoms with E-state index in [4.69, 9.17) is 0 Å². The molecule has 3 nitrogen and oxygen atoms in total. The van der Waals surface area contributed by atoms with E-state index >= 15 is 0 Å². The summed E-state index contributed by atoms with van der Waals surface area (Å²) in [5, 5.41) is 3.26. The third-order valence-electron chi connectivity index (χ3n) is 2.46. The number of aryl methyl sites for hydroxylation is 1. The number of nitrogens with zero attached hydrogens (tertiary/aromatic N) is 2. The van der Waals surface area contributed by atoms with Crippen molar-refractivity contribution in [1.82, 2.24) is 9.97 Å². The molecule has 17 heavy (non-hydrogen) atoms. The largest absolute Gasteiger partial charge is 0.368 e. The van der Waals surface area contributed by atoms with E-state index in [0.29, 0.717) is 0 Å². The third kappa shape index (κ3) is 2.73. The fourth-order valence-electron chi connectivity index (χ4n) is 1.62. The lowest BCUT2D eigenvalue weighted by Gasteiger charge is -2.07. The SMILES string of the molecule is CC#CCCNc1nc2ccccc2nc1C. The van der Waals surface area contributed by atoms with Crippen molar-refractivity contribution in [3.05, 3.63) is 30.0 Å². The Kier molecular flexibility index (Phi) is 3.56. The van der Waals surface area contributed by atoms with Crippen LogP contribution in [-0.4, -0.2) is 16.5 Å². The van der Waals surface area contributed by atoms with Gasteiger partial charge < -0.3 is 5.32 Å². The highest BCUT2D eigenvalue weighted by molar-refractivity contribution is 5.76. The van der Waals surface area contributed by atoms with Crippen LogP contribution in [0.2, 0.25) is 0 Å². The summed E-state index contributed by atoms with van der Waals surface area (Å²) in [7, 11) is 0. The molecule has 86 valence electrons. The maximum Gasteiger partial charge on any atom is 0.148 e. The molecule has 3 heteroatoms. The predicted molar refractivity (Wildman–Crippen MR) is 70.8 cm³/mol. The molecule has 0 aliphatic heterocycles. The normalized spacial score (nSPS) is 9.76. The van der Waals surface area contributed by atoms with Crippen molar-refractivity contribution in [2.24, 2.45) is 0 Å². The molecule has 0 fully saturated rings. The lowest BCUT2D eigenvalue weighted by Crippen LogP contribution is -2.05. The monoisotopic (exact) mass is 225 g/mol. The van der Waals surface area contributed by atoms with Gasteiger partial charge in [-0.05, 0) is 26.0 Å². The second-order valence-corrected chi connectivity index (χ2v) is 3.75. The van der Waals surface area contributed by atoms with Crippen LogP contribution in [0.3, 0.4) is 0 Å². The summed E-state index contributed by atoms with van der Waals surface area (Å²) in [4.78, 5) is 9.06. The van der Waals surface area contributed by atoms with Crippen LogP contribution in [0.5, 0.6) is 0 Å². The molecule has 2 rings (SSSR count). The molecule has 2 aromatic rings. The summed E-state index contributed by atoms with van der Waals surface area (Å²) >= 11 is 0. The molecule has 0 atom stereocenters. The highest BCUT2D eigenvalue weighted by atomic mass is 15.0. The summed E-state index contributed by atoms with van der Waals surface area (Å²) in [6.07, 6.45) is 0.824. The Balaban J connectivity index is 2.21. The van der Waals surface area contributed by atoms with Gasteiger partial charge in [0, 0.05) is 13.0 Å². The van der Waals surface area contributed by atoms with Crippen LogP contribution in [0.1, 0.15) is 19.0 Å². The van der Waals surface area contributed by atoms with E-state index in [0.717, 1.165) is 35.5 Å². The number of benzene rings is 1. The molecular formula is C14H15N3.